The number of amides is 1. The molecule has 112 valence electrons. The van der Waals surface area contributed by atoms with Crippen LogP contribution in [-0.4, -0.2) is 42.1 Å². The van der Waals surface area contributed by atoms with Crippen LogP contribution >= 0.6 is 27.7 Å². The minimum absolute atomic E-state index is 0.0979. The lowest BCUT2D eigenvalue weighted by molar-refractivity contribution is -0.118. The second kappa shape index (κ2) is 8.16. The van der Waals surface area contributed by atoms with Gasteiger partial charge in [-0.25, -0.2) is 0 Å². The standard InChI is InChI=1S/C13H14BrN3O3S/c1-19-6-5-15-11(18)8-21-13-17-16-12(20-13)9-3-2-4-10(14)7-9/h2-4,7H,5-6,8H2,1H3,(H,15,18). The van der Waals surface area contributed by atoms with E-state index >= 15 is 0 Å². The van der Waals surface area contributed by atoms with Gasteiger partial charge in [-0.1, -0.05) is 33.8 Å². The van der Waals surface area contributed by atoms with Crippen LogP contribution < -0.4 is 5.32 Å². The highest BCUT2D eigenvalue weighted by molar-refractivity contribution is 9.10. The predicted molar refractivity (Wildman–Crippen MR) is 83.0 cm³/mol. The highest BCUT2D eigenvalue weighted by atomic mass is 79.9. The summed E-state index contributed by atoms with van der Waals surface area (Å²) in [4.78, 5) is 11.5. The zero-order chi connectivity index (χ0) is 15.1. The molecule has 0 fully saturated rings. The van der Waals surface area contributed by atoms with E-state index < -0.39 is 0 Å². The number of hydrogen-bond donors (Lipinski definition) is 1. The highest BCUT2D eigenvalue weighted by Gasteiger charge is 2.11. The number of methoxy groups -OCH3 is 1. The number of rotatable bonds is 7. The molecule has 1 heterocycles. The van der Waals surface area contributed by atoms with E-state index in [4.69, 9.17) is 9.15 Å². The van der Waals surface area contributed by atoms with Gasteiger partial charge < -0.3 is 14.5 Å². The van der Waals surface area contributed by atoms with Crippen LogP contribution in [0.5, 0.6) is 0 Å². The SMILES string of the molecule is COCCNC(=O)CSc1nnc(-c2cccc(Br)c2)o1. The van der Waals surface area contributed by atoms with E-state index in [0.29, 0.717) is 24.3 Å². The average Bonchev–Trinajstić information content (AvgIpc) is 2.94. The maximum Gasteiger partial charge on any atom is 0.277 e. The van der Waals surface area contributed by atoms with E-state index in [2.05, 4.69) is 31.4 Å². The fourth-order valence-electron chi connectivity index (χ4n) is 1.48. The summed E-state index contributed by atoms with van der Waals surface area (Å²) in [6, 6.07) is 7.57. The van der Waals surface area contributed by atoms with Gasteiger partial charge in [0, 0.05) is 23.7 Å². The number of hydrogen-bond acceptors (Lipinski definition) is 6. The first-order valence-electron chi connectivity index (χ1n) is 6.17. The van der Waals surface area contributed by atoms with Crippen LogP contribution in [0.15, 0.2) is 38.4 Å². The molecule has 8 heteroatoms. The summed E-state index contributed by atoms with van der Waals surface area (Å²) >= 11 is 4.59. The number of nitrogens with one attached hydrogen (secondary N) is 1. The van der Waals surface area contributed by atoms with Crippen molar-refractivity contribution in [2.24, 2.45) is 0 Å². The maximum absolute atomic E-state index is 11.5. The first kappa shape index (κ1) is 16.0. The molecule has 0 saturated heterocycles. The lowest BCUT2D eigenvalue weighted by Gasteiger charge is -2.02. The highest BCUT2D eigenvalue weighted by Crippen LogP contribution is 2.25. The van der Waals surface area contributed by atoms with E-state index in [1.807, 2.05) is 24.3 Å². The Labute approximate surface area is 134 Å². The van der Waals surface area contributed by atoms with Crippen molar-refractivity contribution < 1.29 is 13.9 Å². The summed E-state index contributed by atoms with van der Waals surface area (Å²) in [5.74, 6) is 0.557. The van der Waals surface area contributed by atoms with Crippen LogP contribution in [0, 0.1) is 0 Å². The van der Waals surface area contributed by atoms with Crippen LogP contribution in [0.1, 0.15) is 0 Å². The molecule has 1 aromatic heterocycles. The lowest BCUT2D eigenvalue weighted by Crippen LogP contribution is -2.28. The number of benzene rings is 1. The molecule has 2 aromatic rings. The number of ether oxygens (including phenoxy) is 1. The van der Waals surface area contributed by atoms with E-state index in [0.717, 1.165) is 10.0 Å². The Morgan fingerprint density at radius 1 is 1.48 bits per heavy atom. The summed E-state index contributed by atoms with van der Waals surface area (Å²) in [5, 5.41) is 11.0. The van der Waals surface area contributed by atoms with Gasteiger partial charge >= 0.3 is 0 Å². The van der Waals surface area contributed by atoms with Gasteiger partial charge in [0.1, 0.15) is 0 Å². The Morgan fingerprint density at radius 3 is 3.10 bits per heavy atom. The molecular weight excluding hydrogens is 358 g/mol. The minimum atomic E-state index is -0.0979. The topological polar surface area (TPSA) is 77.2 Å². The molecule has 0 bridgehead atoms. The van der Waals surface area contributed by atoms with E-state index in [-0.39, 0.29) is 11.7 Å². The Balaban J connectivity index is 1.87. The van der Waals surface area contributed by atoms with Crippen LogP contribution in [0.2, 0.25) is 0 Å². The first-order valence-corrected chi connectivity index (χ1v) is 7.95. The monoisotopic (exact) mass is 371 g/mol. The normalized spacial score (nSPS) is 10.6. The van der Waals surface area contributed by atoms with Gasteiger partial charge in [-0.3, -0.25) is 4.79 Å². The van der Waals surface area contributed by atoms with E-state index in [1.54, 1.807) is 7.11 Å². The van der Waals surface area contributed by atoms with Crippen molar-refractivity contribution in [3.05, 3.63) is 28.7 Å². The fraction of sp³-hybridized carbons (Fsp3) is 0.308. The molecule has 0 atom stereocenters. The number of halogens is 1. The summed E-state index contributed by atoms with van der Waals surface area (Å²) in [6.45, 7) is 0.979. The third-order valence-corrected chi connectivity index (χ3v) is 3.74. The van der Waals surface area contributed by atoms with Gasteiger partial charge in [-0.2, -0.15) is 0 Å². The van der Waals surface area contributed by atoms with Crippen molar-refractivity contribution in [2.75, 3.05) is 26.0 Å². The Morgan fingerprint density at radius 2 is 2.33 bits per heavy atom. The smallest absolute Gasteiger partial charge is 0.277 e. The lowest BCUT2D eigenvalue weighted by atomic mass is 10.2. The molecule has 6 nitrogen and oxygen atoms in total. The molecule has 1 aromatic carbocycles. The molecule has 0 radical (unpaired) electrons. The second-order valence-electron chi connectivity index (χ2n) is 4.01. The number of carbonyl (C=O) groups excluding carboxylic acids is 1. The van der Waals surface area contributed by atoms with Gasteiger partial charge in [-0.05, 0) is 18.2 Å². The number of carbonyl (C=O) groups is 1. The van der Waals surface area contributed by atoms with Gasteiger partial charge in [0.15, 0.2) is 0 Å². The minimum Gasteiger partial charge on any atom is -0.411 e. The van der Waals surface area contributed by atoms with Gasteiger partial charge in [0.2, 0.25) is 11.8 Å². The predicted octanol–water partition coefficient (Wildman–Crippen LogP) is 2.35. The molecule has 1 N–H and O–H groups in total. The molecule has 2 rings (SSSR count). The van der Waals surface area contributed by atoms with E-state index in [1.165, 1.54) is 11.8 Å². The number of thioether (sulfide) groups is 1. The summed E-state index contributed by atoms with van der Waals surface area (Å²) in [5.41, 5.74) is 0.827. The zero-order valence-electron chi connectivity index (χ0n) is 11.3. The Hall–Kier alpha value is -1.38. The quantitative estimate of drug-likeness (QED) is 0.594. The second-order valence-corrected chi connectivity index (χ2v) is 5.86. The molecule has 0 aliphatic heterocycles. The van der Waals surface area contributed by atoms with Crippen molar-refractivity contribution in [1.82, 2.24) is 15.5 Å². The van der Waals surface area contributed by atoms with Crippen molar-refractivity contribution in [1.29, 1.82) is 0 Å². The van der Waals surface area contributed by atoms with Crippen molar-refractivity contribution in [2.45, 2.75) is 5.22 Å². The molecule has 1 amide bonds. The third-order valence-electron chi connectivity index (χ3n) is 2.43. The zero-order valence-corrected chi connectivity index (χ0v) is 13.7. The number of aromatic nitrogens is 2. The summed E-state index contributed by atoms with van der Waals surface area (Å²) in [7, 11) is 1.59. The molecule has 21 heavy (non-hydrogen) atoms. The molecule has 0 aliphatic rings. The van der Waals surface area contributed by atoms with Crippen molar-refractivity contribution in [3.63, 3.8) is 0 Å². The molecule has 0 unspecified atom stereocenters. The van der Waals surface area contributed by atoms with E-state index in [9.17, 15) is 4.79 Å². The molecule has 0 aliphatic carbocycles. The van der Waals surface area contributed by atoms with Crippen LogP contribution in [0.25, 0.3) is 11.5 Å². The molecule has 0 spiro atoms. The molecule has 0 saturated carbocycles. The maximum atomic E-state index is 11.5. The largest absolute Gasteiger partial charge is 0.411 e. The van der Waals surface area contributed by atoms with Crippen LogP contribution in [-0.2, 0) is 9.53 Å². The summed E-state index contributed by atoms with van der Waals surface area (Å²) in [6.07, 6.45) is 0. The van der Waals surface area contributed by atoms with Crippen molar-refractivity contribution in [3.8, 4) is 11.5 Å². The summed E-state index contributed by atoms with van der Waals surface area (Å²) < 4.78 is 11.3. The Bertz CT molecular complexity index is 606. The number of nitrogens with zero attached hydrogens (tertiary/aromatic N) is 2. The van der Waals surface area contributed by atoms with Crippen LogP contribution in [0.4, 0.5) is 0 Å². The first-order chi connectivity index (χ1) is 10.2. The fourth-order valence-corrected chi connectivity index (χ4v) is 2.47. The third kappa shape index (κ3) is 5.14. The molecular formula is C13H14BrN3O3S. The van der Waals surface area contributed by atoms with Gasteiger partial charge in [0.25, 0.3) is 5.22 Å². The average molecular weight is 372 g/mol. The van der Waals surface area contributed by atoms with Gasteiger partial charge in [-0.15, -0.1) is 10.2 Å². The Kier molecular flexibility index (Phi) is 6.21. The van der Waals surface area contributed by atoms with Crippen molar-refractivity contribution >= 4 is 33.6 Å². The van der Waals surface area contributed by atoms with Crippen LogP contribution in [0.3, 0.4) is 0 Å². The van der Waals surface area contributed by atoms with Gasteiger partial charge in [0.05, 0.1) is 12.4 Å².